The molecule has 4 nitrogen and oxygen atoms in total. The number of morpholine rings is 1. The second-order valence-electron chi connectivity index (χ2n) is 4.87. The molecule has 0 amide bonds. The molecule has 100 valence electrons. The minimum Gasteiger partial charge on any atom is -0.373 e. The fourth-order valence-corrected chi connectivity index (χ4v) is 2.62. The molecule has 2 unspecified atom stereocenters. The molecule has 0 bridgehead atoms. The molecule has 0 radical (unpaired) electrons. The van der Waals surface area contributed by atoms with Crippen molar-refractivity contribution in [3.05, 3.63) is 30.5 Å². The van der Waals surface area contributed by atoms with Gasteiger partial charge in [0.2, 0.25) is 0 Å². The van der Waals surface area contributed by atoms with E-state index < -0.39 is 0 Å². The molecule has 0 N–H and O–H groups in total. The van der Waals surface area contributed by atoms with Crippen LogP contribution in [0.2, 0.25) is 0 Å². The fourth-order valence-electron chi connectivity index (χ4n) is 2.43. The number of nitrogens with zero attached hydrogens (tertiary/aromatic N) is 3. The molecule has 1 fully saturated rings. The summed E-state index contributed by atoms with van der Waals surface area (Å²) in [5.41, 5.74) is 0. The molecule has 2 heterocycles. The number of rotatable bonds is 2. The molecule has 0 aliphatic carbocycles. The maximum atomic E-state index is 5.91. The Morgan fingerprint density at radius 2 is 2.26 bits per heavy atom. The number of anilines is 1. The van der Waals surface area contributed by atoms with Crippen molar-refractivity contribution in [1.29, 1.82) is 0 Å². The zero-order chi connectivity index (χ0) is 13.2. The number of fused-ring (bicyclic) bond motifs is 1. The molecule has 2 aromatic rings. The third-order valence-corrected chi connectivity index (χ3v) is 3.84. The Kier molecular flexibility index (Phi) is 3.53. The number of hydrogen-bond acceptors (Lipinski definition) is 4. The monoisotopic (exact) mass is 277 g/mol. The van der Waals surface area contributed by atoms with Crippen LogP contribution in [0.5, 0.6) is 0 Å². The van der Waals surface area contributed by atoms with Gasteiger partial charge in [0.15, 0.2) is 5.82 Å². The molecular weight excluding hydrogens is 262 g/mol. The van der Waals surface area contributed by atoms with Crippen LogP contribution in [0.4, 0.5) is 5.82 Å². The van der Waals surface area contributed by atoms with Gasteiger partial charge in [-0.3, -0.25) is 0 Å². The van der Waals surface area contributed by atoms with E-state index in [1.165, 1.54) is 0 Å². The predicted molar refractivity (Wildman–Crippen MR) is 76.8 cm³/mol. The Morgan fingerprint density at radius 3 is 3.11 bits per heavy atom. The molecule has 19 heavy (non-hydrogen) atoms. The van der Waals surface area contributed by atoms with E-state index in [0.29, 0.717) is 12.5 Å². The Bertz CT molecular complexity index is 572. The number of halogens is 1. The number of benzene rings is 1. The van der Waals surface area contributed by atoms with E-state index in [1.54, 1.807) is 6.20 Å². The van der Waals surface area contributed by atoms with Crippen molar-refractivity contribution in [2.24, 2.45) is 0 Å². The lowest BCUT2D eigenvalue weighted by atomic mass is 10.1. The van der Waals surface area contributed by atoms with Crippen LogP contribution in [-0.4, -0.2) is 41.4 Å². The minimum atomic E-state index is 0.0543. The molecule has 3 rings (SSSR count). The Labute approximate surface area is 117 Å². The summed E-state index contributed by atoms with van der Waals surface area (Å²) in [5, 5.41) is 10.7. The largest absolute Gasteiger partial charge is 0.373 e. The Morgan fingerprint density at radius 1 is 1.42 bits per heavy atom. The summed E-state index contributed by atoms with van der Waals surface area (Å²) in [6.07, 6.45) is 1.85. The maximum Gasteiger partial charge on any atom is 0.159 e. The highest BCUT2D eigenvalue weighted by molar-refractivity contribution is 6.18. The van der Waals surface area contributed by atoms with Gasteiger partial charge in [-0.25, -0.2) is 0 Å². The third kappa shape index (κ3) is 2.38. The predicted octanol–water partition coefficient (Wildman–Crippen LogP) is 2.46. The first kappa shape index (κ1) is 12.6. The molecule has 1 aromatic carbocycles. The van der Waals surface area contributed by atoms with Crippen molar-refractivity contribution in [2.45, 2.75) is 19.1 Å². The zero-order valence-corrected chi connectivity index (χ0v) is 11.5. The van der Waals surface area contributed by atoms with Crippen molar-refractivity contribution in [3.63, 3.8) is 0 Å². The van der Waals surface area contributed by atoms with E-state index in [9.17, 15) is 0 Å². The molecular formula is C14H16ClN3O. The second kappa shape index (κ2) is 5.31. The summed E-state index contributed by atoms with van der Waals surface area (Å²) in [5.74, 6) is 1.42. The van der Waals surface area contributed by atoms with Crippen LogP contribution in [0.15, 0.2) is 30.5 Å². The fraction of sp³-hybridized carbons (Fsp3) is 0.429. The number of ether oxygens (including phenoxy) is 1. The number of aromatic nitrogens is 2. The molecule has 1 saturated heterocycles. The van der Waals surface area contributed by atoms with E-state index in [1.807, 2.05) is 12.1 Å². The highest BCUT2D eigenvalue weighted by atomic mass is 35.5. The smallest absolute Gasteiger partial charge is 0.159 e. The van der Waals surface area contributed by atoms with Crippen molar-refractivity contribution < 1.29 is 4.74 Å². The van der Waals surface area contributed by atoms with Crippen LogP contribution in [0, 0.1) is 0 Å². The van der Waals surface area contributed by atoms with Gasteiger partial charge in [-0.15, -0.1) is 16.7 Å². The Hall–Kier alpha value is -1.39. The minimum absolute atomic E-state index is 0.0543. The third-order valence-electron chi connectivity index (χ3n) is 3.50. The first-order chi connectivity index (χ1) is 9.29. The maximum absolute atomic E-state index is 5.91. The van der Waals surface area contributed by atoms with Crippen LogP contribution in [-0.2, 0) is 4.74 Å². The second-order valence-corrected chi connectivity index (χ2v) is 5.18. The van der Waals surface area contributed by atoms with E-state index in [-0.39, 0.29) is 12.1 Å². The number of hydrogen-bond donors (Lipinski definition) is 0. The molecule has 0 saturated carbocycles. The summed E-state index contributed by atoms with van der Waals surface area (Å²) in [4.78, 5) is 2.24. The average Bonchev–Trinajstić information content (AvgIpc) is 2.47. The van der Waals surface area contributed by atoms with Gasteiger partial charge < -0.3 is 9.64 Å². The summed E-state index contributed by atoms with van der Waals surface area (Å²) < 4.78 is 5.68. The summed E-state index contributed by atoms with van der Waals surface area (Å²) in [6.45, 7) is 3.56. The first-order valence-electron chi connectivity index (χ1n) is 6.44. The number of alkyl halides is 1. The SMILES string of the molecule is CC1COC(CCl)CN1c1nncc2ccccc12. The topological polar surface area (TPSA) is 38.2 Å². The highest BCUT2D eigenvalue weighted by Gasteiger charge is 2.27. The van der Waals surface area contributed by atoms with Gasteiger partial charge in [0.1, 0.15) is 0 Å². The summed E-state index contributed by atoms with van der Waals surface area (Å²) in [6, 6.07) is 8.45. The lowest BCUT2D eigenvalue weighted by Crippen LogP contribution is -2.49. The van der Waals surface area contributed by atoms with Crippen molar-refractivity contribution >= 4 is 28.2 Å². The molecule has 0 spiro atoms. The van der Waals surface area contributed by atoms with Gasteiger partial charge in [-0.2, -0.15) is 5.10 Å². The van der Waals surface area contributed by atoms with Crippen molar-refractivity contribution in [1.82, 2.24) is 10.2 Å². The Balaban J connectivity index is 2.02. The zero-order valence-electron chi connectivity index (χ0n) is 10.8. The molecule has 1 aromatic heterocycles. The standard InChI is InChI=1S/C14H16ClN3O/c1-10-9-19-12(6-15)8-18(10)14-13-5-3-2-4-11(13)7-16-17-14/h2-5,7,10,12H,6,8-9H2,1H3. The van der Waals surface area contributed by atoms with E-state index >= 15 is 0 Å². The van der Waals surface area contributed by atoms with Gasteiger partial charge in [-0.1, -0.05) is 24.3 Å². The highest BCUT2D eigenvalue weighted by Crippen LogP contribution is 2.27. The van der Waals surface area contributed by atoms with E-state index in [2.05, 4.69) is 34.2 Å². The van der Waals surface area contributed by atoms with Crippen LogP contribution in [0.1, 0.15) is 6.92 Å². The molecule has 1 aliphatic rings. The average molecular weight is 278 g/mol. The van der Waals surface area contributed by atoms with Crippen molar-refractivity contribution in [3.8, 4) is 0 Å². The van der Waals surface area contributed by atoms with Crippen LogP contribution >= 0.6 is 11.6 Å². The molecule has 1 aliphatic heterocycles. The van der Waals surface area contributed by atoms with Crippen LogP contribution < -0.4 is 4.90 Å². The lowest BCUT2D eigenvalue weighted by Gasteiger charge is -2.38. The summed E-state index contributed by atoms with van der Waals surface area (Å²) in [7, 11) is 0. The van der Waals surface area contributed by atoms with Crippen LogP contribution in [0.25, 0.3) is 10.8 Å². The van der Waals surface area contributed by atoms with Gasteiger partial charge >= 0.3 is 0 Å². The van der Waals surface area contributed by atoms with Crippen LogP contribution in [0.3, 0.4) is 0 Å². The normalized spacial score (nSPS) is 23.8. The quantitative estimate of drug-likeness (QED) is 0.791. The van der Waals surface area contributed by atoms with Gasteiger partial charge in [0, 0.05) is 17.3 Å². The van der Waals surface area contributed by atoms with Gasteiger partial charge in [0.05, 0.1) is 30.8 Å². The lowest BCUT2D eigenvalue weighted by molar-refractivity contribution is 0.0362. The van der Waals surface area contributed by atoms with Crippen molar-refractivity contribution in [2.75, 3.05) is 23.9 Å². The summed E-state index contributed by atoms with van der Waals surface area (Å²) >= 11 is 5.91. The van der Waals surface area contributed by atoms with E-state index in [0.717, 1.165) is 23.1 Å². The molecule has 5 heteroatoms. The molecule has 2 atom stereocenters. The van der Waals surface area contributed by atoms with E-state index in [4.69, 9.17) is 16.3 Å². The van der Waals surface area contributed by atoms with Gasteiger partial charge in [0.25, 0.3) is 0 Å². The first-order valence-corrected chi connectivity index (χ1v) is 6.97. The van der Waals surface area contributed by atoms with Gasteiger partial charge in [-0.05, 0) is 6.92 Å².